The molecule has 3 nitrogen and oxygen atoms in total. The Morgan fingerprint density at radius 1 is 1.40 bits per heavy atom. The van der Waals surface area contributed by atoms with E-state index in [1.54, 1.807) is 0 Å². The summed E-state index contributed by atoms with van der Waals surface area (Å²) in [5.41, 5.74) is 0. The molecule has 0 aromatic rings. The fourth-order valence-electron chi connectivity index (χ4n) is 2.55. The van der Waals surface area contributed by atoms with Crippen molar-refractivity contribution in [3.05, 3.63) is 0 Å². The van der Waals surface area contributed by atoms with Gasteiger partial charge in [0.05, 0.1) is 12.7 Å². The van der Waals surface area contributed by atoms with Crippen LogP contribution in [0.25, 0.3) is 0 Å². The molecule has 0 saturated carbocycles. The monoisotopic (exact) mass is 276 g/mol. The highest BCUT2D eigenvalue weighted by Gasteiger charge is 2.26. The highest BCUT2D eigenvalue weighted by atomic mass is 79.9. The van der Waals surface area contributed by atoms with Crippen molar-refractivity contribution >= 4 is 15.9 Å². The number of alkyl halides is 1. The Labute approximate surface area is 101 Å². The third-order valence-corrected chi connectivity index (χ3v) is 4.26. The van der Waals surface area contributed by atoms with E-state index < -0.39 is 0 Å². The summed E-state index contributed by atoms with van der Waals surface area (Å²) in [6, 6.07) is 0.777. The molecule has 2 aliphatic heterocycles. The first kappa shape index (κ1) is 11.8. The van der Waals surface area contributed by atoms with Crippen LogP contribution in [0.15, 0.2) is 0 Å². The topological polar surface area (TPSA) is 15.7 Å². The number of hydrogen-bond acceptors (Lipinski definition) is 3. The number of nitrogens with zero attached hydrogens (tertiary/aromatic N) is 2. The summed E-state index contributed by atoms with van der Waals surface area (Å²) in [5, 5.41) is 0.962. The number of hydrogen-bond donors (Lipinski definition) is 0. The molecule has 15 heavy (non-hydrogen) atoms. The van der Waals surface area contributed by atoms with Gasteiger partial charge in [-0.1, -0.05) is 15.9 Å². The average Bonchev–Trinajstić information content (AvgIpc) is 2.65. The first-order valence-corrected chi connectivity index (χ1v) is 7.02. The number of morpholine rings is 1. The first-order valence-electron chi connectivity index (χ1n) is 5.89. The highest BCUT2D eigenvalue weighted by Crippen LogP contribution is 2.17. The van der Waals surface area contributed by atoms with Gasteiger partial charge in [-0.2, -0.15) is 0 Å². The molecule has 0 spiro atoms. The zero-order chi connectivity index (χ0) is 10.7. The maximum atomic E-state index is 5.65. The van der Waals surface area contributed by atoms with Crippen LogP contribution in [0.5, 0.6) is 0 Å². The third-order valence-electron chi connectivity index (χ3n) is 3.54. The van der Waals surface area contributed by atoms with Crippen LogP contribution < -0.4 is 0 Å². The molecule has 0 aromatic heterocycles. The van der Waals surface area contributed by atoms with E-state index in [-0.39, 0.29) is 0 Å². The van der Waals surface area contributed by atoms with Gasteiger partial charge in [0.15, 0.2) is 0 Å². The molecule has 2 fully saturated rings. The van der Waals surface area contributed by atoms with E-state index in [0.717, 1.165) is 31.1 Å². The Bertz CT molecular complexity index is 203. The lowest BCUT2D eigenvalue weighted by Crippen LogP contribution is -2.48. The molecule has 0 aromatic carbocycles. The molecule has 4 heteroatoms. The second-order valence-electron chi connectivity index (χ2n) is 4.68. The molecular formula is C11H21BrN2O. The predicted molar refractivity (Wildman–Crippen MR) is 65.6 cm³/mol. The maximum Gasteiger partial charge on any atom is 0.0799 e. The predicted octanol–water partition coefficient (Wildman–Crippen LogP) is 1.18. The summed E-state index contributed by atoms with van der Waals surface area (Å²) in [6.45, 7) is 5.59. The SMILES string of the molecule is CN1CCCC1CN1CCOC(CBr)C1. The van der Waals surface area contributed by atoms with Crippen LogP contribution in [0.4, 0.5) is 0 Å². The van der Waals surface area contributed by atoms with Crippen molar-refractivity contribution in [3.63, 3.8) is 0 Å². The zero-order valence-corrected chi connectivity index (χ0v) is 11.1. The van der Waals surface area contributed by atoms with Gasteiger partial charge < -0.3 is 9.64 Å². The zero-order valence-electron chi connectivity index (χ0n) is 9.49. The van der Waals surface area contributed by atoms with E-state index in [1.165, 1.54) is 25.9 Å². The lowest BCUT2D eigenvalue weighted by Gasteiger charge is -2.35. The van der Waals surface area contributed by atoms with Crippen molar-refractivity contribution in [1.29, 1.82) is 0 Å². The minimum atomic E-state index is 0.394. The number of likely N-dealkylation sites (tertiary alicyclic amines) is 1. The normalized spacial score (nSPS) is 34.8. The van der Waals surface area contributed by atoms with Gasteiger partial charge in [0.25, 0.3) is 0 Å². The van der Waals surface area contributed by atoms with E-state index in [1.807, 2.05) is 0 Å². The standard InChI is InChI=1S/C11H21BrN2O/c1-13-4-2-3-10(13)8-14-5-6-15-11(7-12)9-14/h10-11H,2-9H2,1H3. The minimum absolute atomic E-state index is 0.394. The van der Waals surface area contributed by atoms with E-state index in [0.29, 0.717) is 6.10 Å². The van der Waals surface area contributed by atoms with Gasteiger partial charge in [0.2, 0.25) is 0 Å². The van der Waals surface area contributed by atoms with Crippen molar-refractivity contribution < 1.29 is 4.74 Å². The molecule has 2 saturated heterocycles. The average molecular weight is 277 g/mol. The number of likely N-dealkylation sites (N-methyl/N-ethyl adjacent to an activating group) is 1. The van der Waals surface area contributed by atoms with Crippen LogP contribution in [-0.4, -0.2) is 67.1 Å². The Balaban J connectivity index is 1.78. The van der Waals surface area contributed by atoms with Crippen LogP contribution in [0.2, 0.25) is 0 Å². The lowest BCUT2D eigenvalue weighted by atomic mass is 10.2. The lowest BCUT2D eigenvalue weighted by molar-refractivity contribution is -0.0209. The van der Waals surface area contributed by atoms with E-state index >= 15 is 0 Å². The van der Waals surface area contributed by atoms with Crippen LogP contribution in [0.1, 0.15) is 12.8 Å². The molecular weight excluding hydrogens is 256 g/mol. The van der Waals surface area contributed by atoms with Crippen LogP contribution in [0.3, 0.4) is 0 Å². The van der Waals surface area contributed by atoms with Gasteiger partial charge >= 0.3 is 0 Å². The summed E-state index contributed by atoms with van der Waals surface area (Å²) < 4.78 is 5.65. The van der Waals surface area contributed by atoms with Crippen molar-refractivity contribution in [1.82, 2.24) is 9.80 Å². The summed E-state index contributed by atoms with van der Waals surface area (Å²) in [7, 11) is 2.25. The van der Waals surface area contributed by atoms with Crippen LogP contribution in [0, 0.1) is 0 Å². The van der Waals surface area contributed by atoms with Gasteiger partial charge in [-0.05, 0) is 26.4 Å². The summed E-state index contributed by atoms with van der Waals surface area (Å²) in [4.78, 5) is 5.06. The maximum absolute atomic E-state index is 5.65. The van der Waals surface area contributed by atoms with Gasteiger partial charge in [-0.3, -0.25) is 4.90 Å². The Morgan fingerprint density at radius 2 is 2.27 bits per heavy atom. The highest BCUT2D eigenvalue weighted by molar-refractivity contribution is 9.09. The molecule has 0 bridgehead atoms. The number of rotatable bonds is 3. The molecule has 2 unspecified atom stereocenters. The van der Waals surface area contributed by atoms with Crippen molar-refractivity contribution in [2.24, 2.45) is 0 Å². The van der Waals surface area contributed by atoms with Gasteiger partial charge in [0.1, 0.15) is 0 Å². The van der Waals surface area contributed by atoms with Gasteiger partial charge in [0, 0.05) is 31.0 Å². The minimum Gasteiger partial charge on any atom is -0.375 e. The molecule has 0 radical (unpaired) electrons. The number of halogens is 1. The fourth-order valence-corrected chi connectivity index (χ4v) is 2.94. The Kier molecular flexibility index (Phi) is 4.43. The summed E-state index contributed by atoms with van der Waals surface area (Å²) in [6.07, 6.45) is 3.13. The smallest absolute Gasteiger partial charge is 0.0799 e. The molecule has 2 heterocycles. The van der Waals surface area contributed by atoms with Crippen LogP contribution >= 0.6 is 15.9 Å². The molecule has 2 atom stereocenters. The van der Waals surface area contributed by atoms with E-state index in [4.69, 9.17) is 4.74 Å². The van der Waals surface area contributed by atoms with E-state index in [9.17, 15) is 0 Å². The molecule has 0 aliphatic carbocycles. The molecule has 88 valence electrons. The quantitative estimate of drug-likeness (QED) is 0.720. The second-order valence-corrected chi connectivity index (χ2v) is 5.33. The van der Waals surface area contributed by atoms with E-state index in [2.05, 4.69) is 32.8 Å². The Morgan fingerprint density at radius 3 is 2.93 bits per heavy atom. The molecule has 2 aliphatic rings. The summed E-state index contributed by atoms with van der Waals surface area (Å²) in [5.74, 6) is 0. The Hall–Kier alpha value is 0.360. The molecule has 0 amide bonds. The third kappa shape index (κ3) is 3.16. The molecule has 2 rings (SSSR count). The van der Waals surface area contributed by atoms with Crippen molar-refractivity contribution in [3.8, 4) is 0 Å². The van der Waals surface area contributed by atoms with Crippen LogP contribution in [-0.2, 0) is 4.74 Å². The second kappa shape index (κ2) is 5.62. The fraction of sp³-hybridized carbons (Fsp3) is 1.00. The van der Waals surface area contributed by atoms with Gasteiger partial charge in [-0.25, -0.2) is 0 Å². The molecule has 0 N–H and O–H groups in total. The van der Waals surface area contributed by atoms with Crippen molar-refractivity contribution in [2.45, 2.75) is 25.0 Å². The first-order chi connectivity index (χ1) is 7.29. The number of ether oxygens (including phenoxy) is 1. The summed E-state index contributed by atoms with van der Waals surface area (Å²) >= 11 is 3.50. The largest absolute Gasteiger partial charge is 0.375 e. The van der Waals surface area contributed by atoms with Gasteiger partial charge in [-0.15, -0.1) is 0 Å². The van der Waals surface area contributed by atoms with Crippen molar-refractivity contribution in [2.75, 3.05) is 45.2 Å².